The maximum absolute atomic E-state index is 13.1. The van der Waals surface area contributed by atoms with Gasteiger partial charge in [-0.05, 0) is 83.0 Å². The molecule has 2 aromatic rings. The van der Waals surface area contributed by atoms with Gasteiger partial charge < -0.3 is 29.7 Å². The number of benzene rings is 2. The van der Waals surface area contributed by atoms with Crippen molar-refractivity contribution in [3.05, 3.63) is 71.3 Å². The number of nitrogens with zero attached hydrogens (tertiary/aromatic N) is 1. The molecular formula is C33H47F2N3O6. The summed E-state index contributed by atoms with van der Waals surface area (Å²) >= 11 is 0. The number of unbranched alkanes of at least 4 members (excludes halogenated alkanes) is 2. The molecule has 0 radical (unpaired) electrons. The monoisotopic (exact) mass is 619 g/mol. The molecule has 0 bridgehead atoms. The molecular weight excluding hydrogens is 572 g/mol. The third kappa shape index (κ3) is 13.4. The number of rotatable bonds is 11. The SMILES string of the molecule is CC(COCC(=O)c1ccc(F)cc1)NC(=O)OC(C)(C)C.CCCCCNC(=O)N1[C@H](C)COC[C@@H]1c1ccc(F)cc1. The lowest BCUT2D eigenvalue weighted by Crippen LogP contribution is -2.53. The largest absolute Gasteiger partial charge is 0.444 e. The lowest BCUT2D eigenvalue weighted by atomic mass is 10.0. The number of urea groups is 1. The number of hydrogen-bond acceptors (Lipinski definition) is 6. The molecule has 1 aliphatic heterocycles. The molecule has 0 spiro atoms. The summed E-state index contributed by atoms with van der Waals surface area (Å²) in [7, 11) is 0. The van der Waals surface area contributed by atoms with E-state index in [0.717, 1.165) is 24.8 Å². The van der Waals surface area contributed by atoms with Crippen LogP contribution in [0.2, 0.25) is 0 Å². The molecule has 44 heavy (non-hydrogen) atoms. The van der Waals surface area contributed by atoms with Gasteiger partial charge in [-0.1, -0.05) is 31.9 Å². The highest BCUT2D eigenvalue weighted by Crippen LogP contribution is 2.27. The van der Waals surface area contributed by atoms with Crippen LogP contribution >= 0.6 is 0 Å². The Hall–Kier alpha value is -3.57. The van der Waals surface area contributed by atoms with Crippen molar-refractivity contribution in [2.24, 2.45) is 0 Å². The van der Waals surface area contributed by atoms with Crippen molar-refractivity contribution in [2.45, 2.75) is 84.5 Å². The van der Waals surface area contributed by atoms with Crippen LogP contribution in [0.5, 0.6) is 0 Å². The van der Waals surface area contributed by atoms with Crippen LogP contribution in [0, 0.1) is 11.6 Å². The van der Waals surface area contributed by atoms with E-state index < -0.39 is 17.5 Å². The van der Waals surface area contributed by atoms with E-state index in [-0.39, 0.29) is 49.0 Å². The minimum Gasteiger partial charge on any atom is -0.444 e. The number of nitrogens with one attached hydrogen (secondary N) is 2. The molecule has 9 nitrogen and oxygen atoms in total. The first-order valence-electron chi connectivity index (χ1n) is 15.1. The molecule has 2 aromatic carbocycles. The molecule has 3 amide bonds. The number of hydrogen-bond donors (Lipinski definition) is 2. The van der Waals surface area contributed by atoms with Crippen molar-refractivity contribution in [1.29, 1.82) is 0 Å². The van der Waals surface area contributed by atoms with Crippen LogP contribution in [0.25, 0.3) is 0 Å². The lowest BCUT2D eigenvalue weighted by molar-refractivity contribution is -0.0214. The number of carbonyl (C=O) groups excluding carboxylic acids is 3. The van der Waals surface area contributed by atoms with Gasteiger partial charge in [-0.25, -0.2) is 18.4 Å². The molecule has 1 saturated heterocycles. The Morgan fingerprint density at radius 2 is 1.61 bits per heavy atom. The van der Waals surface area contributed by atoms with Gasteiger partial charge in [0.2, 0.25) is 0 Å². The summed E-state index contributed by atoms with van der Waals surface area (Å²) in [5.74, 6) is -0.916. The van der Waals surface area contributed by atoms with Crippen molar-refractivity contribution in [1.82, 2.24) is 15.5 Å². The van der Waals surface area contributed by atoms with Gasteiger partial charge in [0, 0.05) is 12.1 Å². The van der Waals surface area contributed by atoms with Crippen LogP contribution in [-0.4, -0.2) is 73.5 Å². The molecule has 0 saturated carbocycles. The molecule has 0 aliphatic carbocycles. The molecule has 3 rings (SSSR count). The summed E-state index contributed by atoms with van der Waals surface area (Å²) in [6.07, 6.45) is 2.69. The predicted octanol–water partition coefficient (Wildman–Crippen LogP) is 6.43. The molecule has 1 heterocycles. The maximum Gasteiger partial charge on any atom is 0.407 e. The second-order valence-corrected chi connectivity index (χ2v) is 11.8. The van der Waals surface area contributed by atoms with Gasteiger partial charge in [-0.15, -0.1) is 0 Å². The van der Waals surface area contributed by atoms with Gasteiger partial charge in [0.1, 0.15) is 23.8 Å². The molecule has 3 atom stereocenters. The van der Waals surface area contributed by atoms with Gasteiger partial charge in [-0.2, -0.15) is 0 Å². The van der Waals surface area contributed by atoms with E-state index in [1.54, 1.807) is 39.8 Å². The van der Waals surface area contributed by atoms with Crippen molar-refractivity contribution >= 4 is 17.9 Å². The van der Waals surface area contributed by atoms with Gasteiger partial charge in [-0.3, -0.25) is 4.79 Å². The Bertz CT molecular complexity index is 1170. The van der Waals surface area contributed by atoms with Crippen LogP contribution in [0.1, 0.15) is 82.8 Å². The highest BCUT2D eigenvalue weighted by molar-refractivity contribution is 5.97. The van der Waals surface area contributed by atoms with Crippen molar-refractivity contribution in [2.75, 3.05) is 33.0 Å². The first-order chi connectivity index (χ1) is 20.8. The Labute approximate surface area is 259 Å². The third-order valence-electron chi connectivity index (χ3n) is 6.52. The number of alkyl carbamates (subject to hydrolysis) is 1. The second kappa shape index (κ2) is 18.3. The van der Waals surface area contributed by atoms with Crippen molar-refractivity contribution in [3.8, 4) is 0 Å². The Kier molecular flexibility index (Phi) is 15.2. The van der Waals surface area contributed by atoms with Crippen LogP contribution < -0.4 is 10.6 Å². The number of carbonyl (C=O) groups is 3. The molecule has 1 unspecified atom stereocenters. The van der Waals surface area contributed by atoms with Gasteiger partial charge in [0.05, 0.1) is 37.9 Å². The van der Waals surface area contributed by atoms with E-state index in [0.29, 0.717) is 25.3 Å². The first-order valence-corrected chi connectivity index (χ1v) is 15.1. The number of Topliss-reactive ketones (excluding diaryl/α,β-unsaturated/α-hetero) is 1. The zero-order chi connectivity index (χ0) is 32.7. The third-order valence-corrected chi connectivity index (χ3v) is 6.52. The summed E-state index contributed by atoms with van der Waals surface area (Å²) < 4.78 is 41.8. The zero-order valence-corrected chi connectivity index (χ0v) is 26.7. The normalized spacial score (nSPS) is 17.1. The van der Waals surface area contributed by atoms with Gasteiger partial charge >= 0.3 is 12.1 Å². The molecule has 0 aromatic heterocycles. The Balaban J connectivity index is 0.000000307. The molecule has 244 valence electrons. The van der Waals surface area contributed by atoms with Crippen molar-refractivity contribution in [3.63, 3.8) is 0 Å². The fourth-order valence-electron chi connectivity index (χ4n) is 4.36. The van der Waals surface area contributed by atoms with E-state index in [1.807, 2.05) is 11.8 Å². The summed E-state index contributed by atoms with van der Waals surface area (Å²) in [4.78, 5) is 37.6. The predicted molar refractivity (Wildman–Crippen MR) is 165 cm³/mol. The van der Waals surface area contributed by atoms with Crippen LogP contribution in [-0.2, 0) is 14.2 Å². The minimum atomic E-state index is -0.566. The van der Waals surface area contributed by atoms with E-state index >= 15 is 0 Å². The van der Waals surface area contributed by atoms with Gasteiger partial charge in [0.15, 0.2) is 5.78 Å². The van der Waals surface area contributed by atoms with Crippen LogP contribution in [0.3, 0.4) is 0 Å². The minimum absolute atomic E-state index is 0.00465. The maximum atomic E-state index is 13.1. The number of morpholine rings is 1. The quantitative estimate of drug-likeness (QED) is 0.222. The summed E-state index contributed by atoms with van der Waals surface area (Å²) in [6.45, 7) is 12.9. The van der Waals surface area contributed by atoms with E-state index in [9.17, 15) is 23.2 Å². The van der Waals surface area contributed by atoms with Crippen LogP contribution in [0.4, 0.5) is 18.4 Å². The molecule has 2 N–H and O–H groups in total. The Morgan fingerprint density at radius 1 is 1.00 bits per heavy atom. The highest BCUT2D eigenvalue weighted by Gasteiger charge is 2.33. The lowest BCUT2D eigenvalue weighted by Gasteiger charge is -2.40. The Morgan fingerprint density at radius 3 is 2.20 bits per heavy atom. The van der Waals surface area contributed by atoms with Crippen molar-refractivity contribution < 1.29 is 37.4 Å². The van der Waals surface area contributed by atoms with E-state index in [1.165, 1.54) is 36.4 Å². The molecule has 1 aliphatic rings. The fraction of sp³-hybridized carbons (Fsp3) is 0.545. The van der Waals surface area contributed by atoms with Crippen LogP contribution in [0.15, 0.2) is 48.5 Å². The highest BCUT2D eigenvalue weighted by atomic mass is 19.1. The number of ether oxygens (including phenoxy) is 3. The molecule has 1 fully saturated rings. The topological polar surface area (TPSA) is 106 Å². The summed E-state index contributed by atoms with van der Waals surface area (Å²) in [6, 6.07) is 11.0. The first kappa shape index (κ1) is 36.6. The zero-order valence-electron chi connectivity index (χ0n) is 26.7. The average Bonchev–Trinajstić information content (AvgIpc) is 2.95. The number of amides is 3. The molecule has 11 heteroatoms. The smallest absolute Gasteiger partial charge is 0.407 e. The summed E-state index contributed by atoms with van der Waals surface area (Å²) in [5.41, 5.74) is 0.717. The number of halogens is 2. The fourth-order valence-corrected chi connectivity index (χ4v) is 4.36. The summed E-state index contributed by atoms with van der Waals surface area (Å²) in [5, 5.41) is 5.60. The van der Waals surface area contributed by atoms with E-state index in [4.69, 9.17) is 14.2 Å². The van der Waals surface area contributed by atoms with E-state index in [2.05, 4.69) is 17.6 Å². The second-order valence-electron chi connectivity index (χ2n) is 11.8. The standard InChI is InChI=1S/C17H25FN2O2.C16H22FNO4/c1-3-4-5-10-19-17(21)20-13(2)11-22-12-16(20)14-6-8-15(18)9-7-14;1-11(18-15(20)22-16(2,3)4)9-21-10-14(19)12-5-7-13(17)8-6-12/h6-9,13,16H,3-5,10-12H2,1-2H3,(H,19,21);5-8,11H,9-10H2,1-4H3,(H,18,20)/t13-,16-;/m1./s1. The number of ketones is 1. The van der Waals surface area contributed by atoms with Gasteiger partial charge in [0.25, 0.3) is 0 Å². The average molecular weight is 620 g/mol.